The summed E-state index contributed by atoms with van der Waals surface area (Å²) < 4.78 is 25.0. The van der Waals surface area contributed by atoms with E-state index in [0.29, 0.717) is 10.8 Å². The van der Waals surface area contributed by atoms with Crippen LogP contribution in [0.5, 0.6) is 0 Å². The van der Waals surface area contributed by atoms with Gasteiger partial charge in [-0.1, -0.05) is 0 Å². The number of halogens is 2. The molecule has 4 heteroatoms. The highest BCUT2D eigenvalue weighted by Gasteiger charge is 2.23. The summed E-state index contributed by atoms with van der Waals surface area (Å²) in [7, 11) is 0. The fraction of sp³-hybridized carbons (Fsp3) is 0.364. The largest absolute Gasteiger partial charge is 0.263 e. The van der Waals surface area contributed by atoms with Crippen molar-refractivity contribution >= 4 is 11.8 Å². The number of nitriles is 1. The van der Waals surface area contributed by atoms with Crippen molar-refractivity contribution in [1.29, 1.82) is 5.26 Å². The van der Waals surface area contributed by atoms with Crippen LogP contribution >= 0.6 is 11.8 Å². The molecule has 1 fully saturated rings. The molecule has 1 nitrogen and oxygen atoms in total. The fourth-order valence-electron chi connectivity index (χ4n) is 1.26. The Morgan fingerprint density at radius 1 is 1.33 bits per heavy atom. The minimum absolute atomic E-state index is 0.0581. The maximum atomic E-state index is 12.5. The number of nitrogens with zero attached hydrogens (tertiary/aromatic N) is 1. The Hall–Kier alpha value is -1.08. The molecule has 0 unspecified atom stereocenters. The second-order valence-electron chi connectivity index (χ2n) is 3.52. The maximum Gasteiger partial charge on any atom is 0.263 e. The van der Waals surface area contributed by atoms with Crippen LogP contribution in [-0.2, 0) is 0 Å². The standard InChI is InChI=1S/C11H9F2NS/c12-11(13)8-3-7(6-14)4-10(5-8)15-9-1-2-9/h3-5,9,11H,1-2H2. The third-order valence-corrected chi connectivity index (χ3v) is 3.45. The van der Waals surface area contributed by atoms with Crippen LogP contribution in [0.3, 0.4) is 0 Å². The van der Waals surface area contributed by atoms with Gasteiger partial charge in [-0.05, 0) is 31.0 Å². The van der Waals surface area contributed by atoms with Crippen molar-refractivity contribution in [2.24, 2.45) is 0 Å². The molecule has 1 aromatic carbocycles. The summed E-state index contributed by atoms with van der Waals surface area (Å²) in [6, 6.07) is 6.32. The monoisotopic (exact) mass is 225 g/mol. The highest BCUT2D eigenvalue weighted by molar-refractivity contribution is 8.00. The lowest BCUT2D eigenvalue weighted by atomic mass is 10.1. The minimum Gasteiger partial charge on any atom is -0.205 e. The van der Waals surface area contributed by atoms with Crippen LogP contribution in [0.15, 0.2) is 23.1 Å². The van der Waals surface area contributed by atoms with Crippen LogP contribution in [0.25, 0.3) is 0 Å². The van der Waals surface area contributed by atoms with Gasteiger partial charge in [0.05, 0.1) is 11.6 Å². The summed E-state index contributed by atoms with van der Waals surface area (Å²) in [5, 5.41) is 9.27. The predicted octanol–water partition coefficient (Wildman–Crippen LogP) is 3.75. The lowest BCUT2D eigenvalue weighted by Gasteiger charge is -2.04. The quantitative estimate of drug-likeness (QED) is 0.782. The molecule has 1 aliphatic rings. The summed E-state index contributed by atoms with van der Waals surface area (Å²) in [6.45, 7) is 0. The molecule has 0 heterocycles. The van der Waals surface area contributed by atoms with E-state index in [1.807, 2.05) is 6.07 Å². The fourth-order valence-corrected chi connectivity index (χ4v) is 2.41. The zero-order chi connectivity index (χ0) is 10.8. The van der Waals surface area contributed by atoms with E-state index < -0.39 is 6.43 Å². The molecule has 0 atom stereocenters. The van der Waals surface area contributed by atoms with Crippen molar-refractivity contribution in [3.63, 3.8) is 0 Å². The van der Waals surface area contributed by atoms with Gasteiger partial charge in [0, 0.05) is 15.7 Å². The SMILES string of the molecule is N#Cc1cc(SC2CC2)cc(C(F)F)c1. The van der Waals surface area contributed by atoms with Crippen molar-refractivity contribution in [3.8, 4) is 6.07 Å². The Morgan fingerprint density at radius 2 is 2.07 bits per heavy atom. The molecule has 2 rings (SSSR count). The van der Waals surface area contributed by atoms with Gasteiger partial charge in [0.1, 0.15) is 0 Å². The number of benzene rings is 1. The van der Waals surface area contributed by atoms with E-state index in [0.717, 1.165) is 17.7 Å². The van der Waals surface area contributed by atoms with Gasteiger partial charge in [0.15, 0.2) is 0 Å². The molecule has 0 amide bonds. The Bertz CT molecular complexity index is 408. The zero-order valence-corrected chi connectivity index (χ0v) is 8.73. The van der Waals surface area contributed by atoms with Gasteiger partial charge < -0.3 is 0 Å². The van der Waals surface area contributed by atoms with E-state index >= 15 is 0 Å². The van der Waals surface area contributed by atoms with E-state index in [9.17, 15) is 8.78 Å². The van der Waals surface area contributed by atoms with Crippen LogP contribution < -0.4 is 0 Å². The third kappa shape index (κ3) is 2.69. The molecule has 0 N–H and O–H groups in total. The molecule has 0 spiro atoms. The second-order valence-corrected chi connectivity index (χ2v) is 4.89. The Kier molecular flexibility index (Phi) is 2.92. The first kappa shape index (κ1) is 10.4. The first-order valence-electron chi connectivity index (χ1n) is 4.69. The number of rotatable bonds is 3. The number of thioether (sulfide) groups is 1. The van der Waals surface area contributed by atoms with Gasteiger partial charge in [0.2, 0.25) is 0 Å². The van der Waals surface area contributed by atoms with Crippen molar-refractivity contribution in [3.05, 3.63) is 29.3 Å². The smallest absolute Gasteiger partial charge is 0.205 e. The van der Waals surface area contributed by atoms with Crippen LogP contribution in [0.4, 0.5) is 8.78 Å². The average Bonchev–Trinajstić information content (AvgIpc) is 3.01. The average molecular weight is 225 g/mol. The molecular formula is C11H9F2NS. The van der Waals surface area contributed by atoms with Gasteiger partial charge >= 0.3 is 0 Å². The van der Waals surface area contributed by atoms with Crippen molar-refractivity contribution in [2.75, 3.05) is 0 Å². The first-order chi connectivity index (χ1) is 7.19. The molecule has 78 valence electrons. The van der Waals surface area contributed by atoms with Gasteiger partial charge in [-0.25, -0.2) is 8.78 Å². The lowest BCUT2D eigenvalue weighted by molar-refractivity contribution is 0.151. The molecule has 0 bridgehead atoms. The summed E-state index contributed by atoms with van der Waals surface area (Å²) in [5.74, 6) is 0. The minimum atomic E-state index is -2.50. The number of hydrogen-bond donors (Lipinski definition) is 0. The van der Waals surface area contributed by atoms with Crippen LogP contribution in [0.2, 0.25) is 0 Å². The molecule has 0 aliphatic heterocycles. The molecule has 15 heavy (non-hydrogen) atoms. The van der Waals surface area contributed by atoms with E-state index in [4.69, 9.17) is 5.26 Å². The van der Waals surface area contributed by atoms with Gasteiger partial charge in [-0.15, -0.1) is 11.8 Å². The predicted molar refractivity (Wildman–Crippen MR) is 55.0 cm³/mol. The Labute approximate surface area is 91.1 Å². The number of alkyl halides is 2. The van der Waals surface area contributed by atoms with Gasteiger partial charge in [-0.2, -0.15) is 5.26 Å². The van der Waals surface area contributed by atoms with Gasteiger partial charge in [-0.3, -0.25) is 0 Å². The summed E-state index contributed by atoms with van der Waals surface area (Å²) in [4.78, 5) is 0.784. The third-order valence-electron chi connectivity index (χ3n) is 2.14. The molecule has 0 saturated heterocycles. The lowest BCUT2D eigenvalue weighted by Crippen LogP contribution is -1.88. The summed E-state index contributed by atoms with van der Waals surface area (Å²) in [6.07, 6.45) is -0.214. The van der Waals surface area contributed by atoms with E-state index in [1.165, 1.54) is 12.1 Å². The highest BCUT2D eigenvalue weighted by atomic mass is 32.2. The van der Waals surface area contributed by atoms with Crippen molar-refractivity contribution in [1.82, 2.24) is 0 Å². The highest BCUT2D eigenvalue weighted by Crippen LogP contribution is 2.40. The Balaban J connectivity index is 2.28. The molecule has 1 aromatic rings. The Morgan fingerprint density at radius 3 is 2.60 bits per heavy atom. The number of hydrogen-bond acceptors (Lipinski definition) is 2. The van der Waals surface area contributed by atoms with Crippen LogP contribution in [-0.4, -0.2) is 5.25 Å². The zero-order valence-electron chi connectivity index (χ0n) is 7.91. The molecule has 1 saturated carbocycles. The molecule has 0 radical (unpaired) electrons. The van der Waals surface area contributed by atoms with E-state index in [2.05, 4.69) is 0 Å². The van der Waals surface area contributed by atoms with Crippen molar-refractivity contribution < 1.29 is 8.78 Å². The van der Waals surface area contributed by atoms with E-state index in [-0.39, 0.29) is 5.56 Å². The van der Waals surface area contributed by atoms with Crippen LogP contribution in [0, 0.1) is 11.3 Å². The first-order valence-corrected chi connectivity index (χ1v) is 5.57. The summed E-state index contributed by atoms with van der Waals surface area (Å²) in [5.41, 5.74) is 0.258. The van der Waals surface area contributed by atoms with Crippen molar-refractivity contribution in [2.45, 2.75) is 29.4 Å². The summed E-state index contributed by atoms with van der Waals surface area (Å²) >= 11 is 1.59. The normalized spacial score (nSPS) is 15.3. The van der Waals surface area contributed by atoms with Crippen LogP contribution in [0.1, 0.15) is 30.4 Å². The molecular weight excluding hydrogens is 216 g/mol. The van der Waals surface area contributed by atoms with Gasteiger partial charge in [0.25, 0.3) is 6.43 Å². The van der Waals surface area contributed by atoms with E-state index in [1.54, 1.807) is 17.8 Å². The maximum absolute atomic E-state index is 12.5. The molecule has 1 aliphatic carbocycles. The second kappa shape index (κ2) is 4.19. The topological polar surface area (TPSA) is 23.8 Å². The molecule has 0 aromatic heterocycles.